The molecule has 32 heavy (non-hydrogen) atoms. The Bertz CT molecular complexity index is 1120. The van der Waals surface area contributed by atoms with Crippen LogP contribution < -0.4 is 10.1 Å². The monoisotopic (exact) mass is 433 g/mol. The third-order valence-electron chi connectivity index (χ3n) is 5.26. The zero-order chi connectivity index (χ0) is 23.1. The number of methoxy groups -OCH3 is 1. The minimum atomic E-state index is -0.874. The van der Waals surface area contributed by atoms with E-state index in [0.717, 1.165) is 33.4 Å². The minimum absolute atomic E-state index is 0.0369. The van der Waals surface area contributed by atoms with Crippen molar-refractivity contribution < 1.29 is 24.2 Å². The summed E-state index contributed by atoms with van der Waals surface area (Å²) < 4.78 is 10.8. The van der Waals surface area contributed by atoms with Gasteiger partial charge >= 0.3 is 12.1 Å². The Morgan fingerprint density at radius 3 is 2.41 bits per heavy atom. The lowest BCUT2D eigenvalue weighted by atomic mass is 9.99. The number of carbonyl (C=O) groups excluding carboxylic acids is 1. The number of amides is 1. The van der Waals surface area contributed by atoms with E-state index in [0.29, 0.717) is 5.75 Å². The van der Waals surface area contributed by atoms with Crippen LogP contribution in [0.15, 0.2) is 60.7 Å². The first-order chi connectivity index (χ1) is 15.4. The summed E-state index contributed by atoms with van der Waals surface area (Å²) in [4.78, 5) is 23.2. The smallest absolute Gasteiger partial charge is 0.407 e. The molecule has 2 N–H and O–H groups in total. The standard InChI is InChI=1S/C26H27NO5/c1-17-7-8-20(11-18(17)2)16-32-26(30)27-15-23-14-22(9-10-24(23)31-3)21-6-4-5-19(12-21)13-25(28)29/h4-12,14H,13,15-16H2,1-3H3,(H,27,30)(H,28,29). The van der Waals surface area contributed by atoms with Crippen molar-refractivity contribution in [3.05, 3.63) is 88.5 Å². The van der Waals surface area contributed by atoms with Crippen molar-refractivity contribution >= 4 is 12.1 Å². The molecule has 0 aliphatic carbocycles. The average Bonchev–Trinajstić information content (AvgIpc) is 2.78. The van der Waals surface area contributed by atoms with Gasteiger partial charge in [0.05, 0.1) is 13.5 Å². The average molecular weight is 434 g/mol. The molecule has 0 saturated carbocycles. The normalized spacial score (nSPS) is 10.5. The minimum Gasteiger partial charge on any atom is -0.496 e. The molecule has 6 nitrogen and oxygen atoms in total. The Kier molecular flexibility index (Phi) is 7.49. The molecule has 0 saturated heterocycles. The predicted octanol–water partition coefficient (Wildman–Crippen LogP) is 5.03. The number of aliphatic carboxylic acids is 1. The second kappa shape index (κ2) is 10.5. The van der Waals surface area contributed by atoms with E-state index in [4.69, 9.17) is 14.6 Å². The molecule has 3 aromatic rings. The first-order valence-corrected chi connectivity index (χ1v) is 10.3. The highest BCUT2D eigenvalue weighted by Gasteiger charge is 2.10. The highest BCUT2D eigenvalue weighted by molar-refractivity contribution is 5.73. The van der Waals surface area contributed by atoms with Crippen LogP contribution in [0.1, 0.15) is 27.8 Å². The molecule has 0 aliphatic rings. The van der Waals surface area contributed by atoms with Crippen LogP contribution in [0.5, 0.6) is 5.75 Å². The SMILES string of the molecule is COc1ccc(-c2cccc(CC(=O)O)c2)cc1CNC(=O)OCc1ccc(C)c(C)c1. The van der Waals surface area contributed by atoms with Gasteiger partial charge in [-0.3, -0.25) is 4.79 Å². The van der Waals surface area contributed by atoms with E-state index in [9.17, 15) is 9.59 Å². The number of rotatable bonds is 8. The Labute approximate surface area is 187 Å². The summed E-state index contributed by atoms with van der Waals surface area (Å²) in [5, 5.41) is 11.8. The Balaban J connectivity index is 1.67. The van der Waals surface area contributed by atoms with Crippen molar-refractivity contribution in [2.75, 3.05) is 7.11 Å². The Morgan fingerprint density at radius 1 is 0.906 bits per heavy atom. The number of hydrogen-bond acceptors (Lipinski definition) is 4. The zero-order valence-corrected chi connectivity index (χ0v) is 18.5. The van der Waals surface area contributed by atoms with Gasteiger partial charge in [0.2, 0.25) is 0 Å². The molecule has 0 fully saturated rings. The van der Waals surface area contributed by atoms with Crippen LogP contribution in [0.25, 0.3) is 11.1 Å². The molecule has 6 heteroatoms. The molecule has 1 amide bonds. The van der Waals surface area contributed by atoms with E-state index in [-0.39, 0.29) is 19.6 Å². The van der Waals surface area contributed by atoms with Gasteiger partial charge in [-0.15, -0.1) is 0 Å². The fourth-order valence-electron chi connectivity index (χ4n) is 3.39. The van der Waals surface area contributed by atoms with Crippen LogP contribution in [0.2, 0.25) is 0 Å². The van der Waals surface area contributed by atoms with Crippen LogP contribution in [-0.2, 0) is 29.1 Å². The molecule has 3 aromatic carbocycles. The van der Waals surface area contributed by atoms with E-state index >= 15 is 0 Å². The summed E-state index contributed by atoms with van der Waals surface area (Å²) in [6, 6.07) is 19.0. The number of carbonyl (C=O) groups is 2. The van der Waals surface area contributed by atoms with Crippen molar-refractivity contribution in [1.29, 1.82) is 0 Å². The second-order valence-electron chi connectivity index (χ2n) is 7.65. The zero-order valence-electron chi connectivity index (χ0n) is 18.5. The molecule has 0 bridgehead atoms. The number of alkyl carbamates (subject to hydrolysis) is 1. The quantitative estimate of drug-likeness (QED) is 0.520. The third-order valence-corrected chi connectivity index (χ3v) is 5.26. The highest BCUT2D eigenvalue weighted by atomic mass is 16.5. The fourth-order valence-corrected chi connectivity index (χ4v) is 3.39. The maximum absolute atomic E-state index is 12.2. The van der Waals surface area contributed by atoms with Crippen LogP contribution >= 0.6 is 0 Å². The van der Waals surface area contributed by atoms with E-state index in [1.54, 1.807) is 13.2 Å². The molecule has 0 unspecified atom stereocenters. The summed E-state index contributed by atoms with van der Waals surface area (Å²) in [6.45, 7) is 4.49. The molecule has 0 radical (unpaired) electrons. The fraction of sp³-hybridized carbons (Fsp3) is 0.231. The number of carboxylic acids is 1. The van der Waals surface area contributed by atoms with Crippen molar-refractivity contribution in [2.24, 2.45) is 0 Å². The molecule has 0 atom stereocenters. The van der Waals surface area contributed by atoms with Gasteiger partial charge in [-0.25, -0.2) is 4.79 Å². The largest absolute Gasteiger partial charge is 0.496 e. The van der Waals surface area contributed by atoms with E-state index in [1.165, 1.54) is 5.56 Å². The summed E-state index contributed by atoms with van der Waals surface area (Å²) in [5.41, 5.74) is 6.59. The third kappa shape index (κ3) is 6.11. The number of ether oxygens (including phenoxy) is 2. The van der Waals surface area contributed by atoms with Crippen LogP contribution in [0, 0.1) is 13.8 Å². The number of carboxylic acid groups (broad SMARTS) is 1. The van der Waals surface area contributed by atoms with Crippen molar-refractivity contribution in [1.82, 2.24) is 5.32 Å². The van der Waals surface area contributed by atoms with Gasteiger partial charge in [0, 0.05) is 12.1 Å². The summed E-state index contributed by atoms with van der Waals surface area (Å²) in [7, 11) is 1.57. The summed E-state index contributed by atoms with van der Waals surface area (Å²) in [5.74, 6) is -0.231. The molecule has 166 valence electrons. The Morgan fingerprint density at radius 2 is 1.69 bits per heavy atom. The van der Waals surface area contributed by atoms with Crippen LogP contribution in [0.4, 0.5) is 4.79 Å². The topological polar surface area (TPSA) is 84.9 Å². The molecular weight excluding hydrogens is 406 g/mol. The maximum atomic E-state index is 12.2. The van der Waals surface area contributed by atoms with Gasteiger partial charge in [-0.1, -0.05) is 48.5 Å². The lowest BCUT2D eigenvalue weighted by Crippen LogP contribution is -2.24. The molecule has 0 spiro atoms. The second-order valence-corrected chi connectivity index (χ2v) is 7.65. The Hall–Kier alpha value is -3.80. The van der Waals surface area contributed by atoms with Gasteiger partial charge in [0.1, 0.15) is 12.4 Å². The number of benzene rings is 3. The first kappa shape index (κ1) is 22.9. The van der Waals surface area contributed by atoms with Crippen molar-refractivity contribution in [2.45, 2.75) is 33.4 Å². The lowest BCUT2D eigenvalue weighted by Gasteiger charge is -2.13. The van der Waals surface area contributed by atoms with Gasteiger partial charge < -0.3 is 19.9 Å². The molecule has 0 aliphatic heterocycles. The summed E-state index contributed by atoms with van der Waals surface area (Å²) in [6.07, 6.45) is -0.552. The van der Waals surface area contributed by atoms with Crippen LogP contribution in [-0.4, -0.2) is 24.3 Å². The van der Waals surface area contributed by atoms with Gasteiger partial charge in [-0.05, 0) is 59.4 Å². The van der Waals surface area contributed by atoms with Crippen molar-refractivity contribution in [3.8, 4) is 16.9 Å². The van der Waals surface area contributed by atoms with E-state index in [1.807, 2.05) is 68.4 Å². The highest BCUT2D eigenvalue weighted by Crippen LogP contribution is 2.27. The van der Waals surface area contributed by atoms with E-state index < -0.39 is 12.1 Å². The molecular formula is C26H27NO5. The molecule has 3 rings (SSSR count). The van der Waals surface area contributed by atoms with Gasteiger partial charge in [-0.2, -0.15) is 0 Å². The van der Waals surface area contributed by atoms with Gasteiger partial charge in [0.25, 0.3) is 0 Å². The predicted molar refractivity (Wildman–Crippen MR) is 123 cm³/mol. The number of nitrogens with one attached hydrogen (secondary N) is 1. The summed E-state index contributed by atoms with van der Waals surface area (Å²) >= 11 is 0. The molecule has 0 aromatic heterocycles. The first-order valence-electron chi connectivity index (χ1n) is 10.3. The number of hydrogen-bond donors (Lipinski definition) is 2. The maximum Gasteiger partial charge on any atom is 0.407 e. The number of aryl methyl sites for hydroxylation is 2. The van der Waals surface area contributed by atoms with Crippen LogP contribution in [0.3, 0.4) is 0 Å². The van der Waals surface area contributed by atoms with Gasteiger partial charge in [0.15, 0.2) is 0 Å². The van der Waals surface area contributed by atoms with Crippen molar-refractivity contribution in [3.63, 3.8) is 0 Å². The molecule has 0 heterocycles. The van der Waals surface area contributed by atoms with E-state index in [2.05, 4.69) is 5.32 Å². The lowest BCUT2D eigenvalue weighted by molar-refractivity contribution is -0.136.